The lowest BCUT2D eigenvalue weighted by Crippen LogP contribution is -2.26. The Kier molecular flexibility index (Phi) is 3.00. The standard InChI is InChI=1S/C10H12N4O2/c1-7-8(3-5-16-7)10(15)11-4-2-9-12-6-13-14-9/h3,5-6H,2,4H2,1H3,(H,11,15)(H,12,13,14). The Labute approximate surface area is 92.1 Å². The molecule has 0 aliphatic rings. The number of hydrogen-bond donors (Lipinski definition) is 2. The van der Waals surface area contributed by atoms with E-state index in [4.69, 9.17) is 4.42 Å². The minimum absolute atomic E-state index is 0.134. The lowest BCUT2D eigenvalue weighted by Gasteiger charge is -2.02. The van der Waals surface area contributed by atoms with Crippen molar-refractivity contribution in [2.45, 2.75) is 13.3 Å². The van der Waals surface area contributed by atoms with Gasteiger partial charge in [-0.15, -0.1) is 0 Å². The molecule has 0 aromatic carbocycles. The Hall–Kier alpha value is -2.11. The van der Waals surface area contributed by atoms with Crippen LogP contribution in [-0.4, -0.2) is 27.6 Å². The van der Waals surface area contributed by atoms with Gasteiger partial charge in [-0.1, -0.05) is 0 Å². The molecule has 0 saturated carbocycles. The van der Waals surface area contributed by atoms with E-state index in [1.807, 2.05) is 0 Å². The van der Waals surface area contributed by atoms with Crippen molar-refractivity contribution >= 4 is 5.91 Å². The van der Waals surface area contributed by atoms with E-state index in [-0.39, 0.29) is 5.91 Å². The third-order valence-electron chi connectivity index (χ3n) is 2.22. The molecule has 1 amide bonds. The molecule has 16 heavy (non-hydrogen) atoms. The summed E-state index contributed by atoms with van der Waals surface area (Å²) < 4.78 is 5.05. The van der Waals surface area contributed by atoms with Gasteiger partial charge in [0.1, 0.15) is 17.9 Å². The number of carbonyl (C=O) groups excluding carboxylic acids is 1. The van der Waals surface area contributed by atoms with Gasteiger partial charge in [0.25, 0.3) is 5.91 Å². The van der Waals surface area contributed by atoms with Crippen LogP contribution >= 0.6 is 0 Å². The van der Waals surface area contributed by atoms with Crippen molar-refractivity contribution in [3.8, 4) is 0 Å². The second-order valence-electron chi connectivity index (χ2n) is 3.33. The second-order valence-corrected chi connectivity index (χ2v) is 3.33. The van der Waals surface area contributed by atoms with Crippen molar-refractivity contribution in [2.24, 2.45) is 0 Å². The van der Waals surface area contributed by atoms with E-state index in [2.05, 4.69) is 20.5 Å². The van der Waals surface area contributed by atoms with Crippen LogP contribution in [-0.2, 0) is 6.42 Å². The van der Waals surface area contributed by atoms with Crippen molar-refractivity contribution in [2.75, 3.05) is 6.54 Å². The number of hydrogen-bond acceptors (Lipinski definition) is 4. The zero-order valence-corrected chi connectivity index (χ0v) is 8.86. The summed E-state index contributed by atoms with van der Waals surface area (Å²) in [5.74, 6) is 1.24. The molecule has 0 spiro atoms. The Bertz CT molecular complexity index is 461. The van der Waals surface area contributed by atoms with E-state index < -0.39 is 0 Å². The van der Waals surface area contributed by atoms with Crippen LogP contribution in [0.4, 0.5) is 0 Å². The SMILES string of the molecule is Cc1occc1C(=O)NCCc1ncn[nH]1. The van der Waals surface area contributed by atoms with E-state index in [1.165, 1.54) is 12.6 Å². The van der Waals surface area contributed by atoms with E-state index in [0.717, 1.165) is 5.82 Å². The average Bonchev–Trinajstić information content (AvgIpc) is 2.88. The minimum Gasteiger partial charge on any atom is -0.469 e. The predicted molar refractivity (Wildman–Crippen MR) is 55.9 cm³/mol. The zero-order chi connectivity index (χ0) is 11.4. The quantitative estimate of drug-likeness (QED) is 0.793. The van der Waals surface area contributed by atoms with E-state index in [0.29, 0.717) is 24.3 Å². The summed E-state index contributed by atoms with van der Waals surface area (Å²) in [6.45, 7) is 2.27. The van der Waals surface area contributed by atoms with Crippen LogP contribution in [0.5, 0.6) is 0 Å². The number of furan rings is 1. The Morgan fingerprint density at radius 3 is 3.12 bits per heavy atom. The lowest BCUT2D eigenvalue weighted by atomic mass is 10.2. The average molecular weight is 220 g/mol. The van der Waals surface area contributed by atoms with Crippen molar-refractivity contribution in [3.63, 3.8) is 0 Å². The van der Waals surface area contributed by atoms with Crippen LogP contribution in [0.1, 0.15) is 21.9 Å². The van der Waals surface area contributed by atoms with Crippen molar-refractivity contribution < 1.29 is 9.21 Å². The summed E-state index contributed by atoms with van der Waals surface area (Å²) in [5.41, 5.74) is 0.567. The number of nitrogens with zero attached hydrogens (tertiary/aromatic N) is 2. The van der Waals surface area contributed by atoms with Gasteiger partial charge in [-0.05, 0) is 13.0 Å². The topological polar surface area (TPSA) is 83.8 Å². The van der Waals surface area contributed by atoms with Gasteiger partial charge in [0.15, 0.2) is 0 Å². The molecule has 84 valence electrons. The Balaban J connectivity index is 1.83. The number of carbonyl (C=O) groups is 1. The van der Waals surface area contributed by atoms with E-state index in [1.54, 1.807) is 13.0 Å². The summed E-state index contributed by atoms with van der Waals surface area (Å²) in [7, 11) is 0. The maximum absolute atomic E-state index is 11.6. The first kappa shape index (κ1) is 10.4. The zero-order valence-electron chi connectivity index (χ0n) is 8.86. The van der Waals surface area contributed by atoms with Crippen LogP contribution in [0.3, 0.4) is 0 Å². The van der Waals surface area contributed by atoms with Crippen LogP contribution in [0.15, 0.2) is 23.1 Å². The molecule has 2 rings (SSSR count). The number of amides is 1. The maximum Gasteiger partial charge on any atom is 0.254 e. The molecule has 0 saturated heterocycles. The Morgan fingerprint density at radius 1 is 1.62 bits per heavy atom. The van der Waals surface area contributed by atoms with Crippen LogP contribution in [0.2, 0.25) is 0 Å². The van der Waals surface area contributed by atoms with E-state index in [9.17, 15) is 4.79 Å². The highest BCUT2D eigenvalue weighted by molar-refractivity contribution is 5.94. The van der Waals surface area contributed by atoms with E-state index >= 15 is 0 Å². The molecule has 0 unspecified atom stereocenters. The van der Waals surface area contributed by atoms with Gasteiger partial charge in [0.2, 0.25) is 0 Å². The van der Waals surface area contributed by atoms with Gasteiger partial charge < -0.3 is 9.73 Å². The highest BCUT2D eigenvalue weighted by Crippen LogP contribution is 2.07. The fraction of sp³-hybridized carbons (Fsp3) is 0.300. The molecule has 2 N–H and O–H groups in total. The smallest absolute Gasteiger partial charge is 0.254 e. The summed E-state index contributed by atoms with van der Waals surface area (Å²) >= 11 is 0. The molecule has 2 aromatic heterocycles. The highest BCUT2D eigenvalue weighted by atomic mass is 16.3. The number of aryl methyl sites for hydroxylation is 1. The highest BCUT2D eigenvalue weighted by Gasteiger charge is 2.10. The predicted octanol–water partition coefficient (Wildman–Crippen LogP) is 0.679. The molecule has 0 bridgehead atoms. The molecule has 0 aliphatic carbocycles. The largest absolute Gasteiger partial charge is 0.469 e. The fourth-order valence-electron chi connectivity index (χ4n) is 1.36. The Morgan fingerprint density at radius 2 is 2.50 bits per heavy atom. The van der Waals surface area contributed by atoms with Gasteiger partial charge in [-0.3, -0.25) is 9.89 Å². The lowest BCUT2D eigenvalue weighted by molar-refractivity contribution is 0.0952. The van der Waals surface area contributed by atoms with Gasteiger partial charge in [0.05, 0.1) is 11.8 Å². The van der Waals surface area contributed by atoms with Crippen molar-refractivity contribution in [1.82, 2.24) is 20.5 Å². The number of nitrogens with one attached hydrogen (secondary N) is 2. The van der Waals surface area contributed by atoms with Crippen molar-refractivity contribution in [3.05, 3.63) is 35.8 Å². The normalized spacial score (nSPS) is 10.3. The molecular weight excluding hydrogens is 208 g/mol. The number of H-pyrrole nitrogens is 1. The molecule has 0 aliphatic heterocycles. The summed E-state index contributed by atoms with van der Waals surface area (Å²) in [6, 6.07) is 1.65. The van der Waals surface area contributed by atoms with Crippen LogP contribution in [0, 0.1) is 6.92 Å². The molecule has 2 aromatic rings. The maximum atomic E-state index is 11.6. The van der Waals surface area contributed by atoms with Crippen molar-refractivity contribution in [1.29, 1.82) is 0 Å². The minimum atomic E-state index is -0.134. The number of rotatable bonds is 4. The monoisotopic (exact) mass is 220 g/mol. The first-order valence-electron chi connectivity index (χ1n) is 4.94. The third kappa shape index (κ3) is 2.28. The molecule has 2 heterocycles. The number of aromatic amines is 1. The molecule has 0 atom stereocenters. The van der Waals surface area contributed by atoms with Gasteiger partial charge in [-0.25, -0.2) is 4.98 Å². The number of aromatic nitrogens is 3. The summed E-state index contributed by atoms with van der Waals surface area (Å²) in [4.78, 5) is 15.6. The molecule has 6 heteroatoms. The first-order chi connectivity index (χ1) is 7.77. The summed E-state index contributed by atoms with van der Waals surface area (Å²) in [6.07, 6.45) is 3.57. The van der Waals surface area contributed by atoms with Gasteiger partial charge >= 0.3 is 0 Å². The third-order valence-corrected chi connectivity index (χ3v) is 2.22. The second kappa shape index (κ2) is 4.61. The molecule has 6 nitrogen and oxygen atoms in total. The first-order valence-corrected chi connectivity index (χ1v) is 4.94. The van der Waals surface area contributed by atoms with Gasteiger partial charge in [0, 0.05) is 13.0 Å². The molecular formula is C10H12N4O2. The molecule has 0 radical (unpaired) electrons. The van der Waals surface area contributed by atoms with Gasteiger partial charge in [-0.2, -0.15) is 5.10 Å². The molecule has 0 fully saturated rings. The van der Waals surface area contributed by atoms with Crippen LogP contribution < -0.4 is 5.32 Å². The summed E-state index contributed by atoms with van der Waals surface area (Å²) in [5, 5.41) is 9.22. The fourth-order valence-corrected chi connectivity index (χ4v) is 1.36. The van der Waals surface area contributed by atoms with Crippen LogP contribution in [0.25, 0.3) is 0 Å².